The van der Waals surface area contributed by atoms with Crippen LogP contribution < -0.4 is 14.6 Å². The Bertz CT molecular complexity index is 892. The first-order valence-corrected chi connectivity index (χ1v) is 12.2. The average Bonchev–Trinajstić information content (AvgIpc) is 2.68. The monoisotopic (exact) mass is 387 g/mol. The van der Waals surface area contributed by atoms with Crippen LogP contribution >= 0.6 is 0 Å². The highest BCUT2D eigenvalue weighted by molar-refractivity contribution is 6.77. The summed E-state index contributed by atoms with van der Waals surface area (Å²) >= 11 is 0. The third kappa shape index (κ3) is 4.49. The van der Waals surface area contributed by atoms with Crippen LogP contribution in [0.1, 0.15) is 27.8 Å². The van der Waals surface area contributed by atoms with E-state index in [4.69, 9.17) is 0 Å². The molecule has 0 bridgehead atoms. The molecule has 0 spiro atoms. The van der Waals surface area contributed by atoms with Crippen molar-refractivity contribution in [2.45, 2.75) is 27.7 Å². The molecule has 0 amide bonds. The van der Waals surface area contributed by atoms with E-state index in [1.807, 2.05) is 6.08 Å². The summed E-state index contributed by atoms with van der Waals surface area (Å²) in [5, 5.41) is 3.11. The second-order valence-electron chi connectivity index (χ2n) is 7.37. The van der Waals surface area contributed by atoms with Gasteiger partial charge >= 0.3 is 0 Å². The zero-order valence-electron chi connectivity index (χ0n) is 16.9. The Morgan fingerprint density at radius 2 is 1.19 bits per heavy atom. The second-order valence-corrected chi connectivity index (χ2v) is 11.9. The number of rotatable bonds is 6. The summed E-state index contributed by atoms with van der Waals surface area (Å²) < 4.78 is 2.75. The summed E-state index contributed by atoms with van der Waals surface area (Å²) in [5.74, 6) is 0. The number of aryl methyl sites for hydroxylation is 2. The zero-order valence-corrected chi connectivity index (χ0v) is 19.7. The quantitative estimate of drug-likeness (QED) is 0.587. The molecule has 0 heterocycles. The molecule has 0 fully saturated rings. The number of hydrogen-bond acceptors (Lipinski definition) is 1. The van der Waals surface area contributed by atoms with Crippen LogP contribution in [0, 0.1) is 27.7 Å². The molecule has 0 N–H and O–H groups in total. The van der Waals surface area contributed by atoms with Crippen LogP contribution in [0.3, 0.4) is 0 Å². The van der Waals surface area contributed by atoms with Crippen molar-refractivity contribution in [3.63, 3.8) is 0 Å². The van der Waals surface area contributed by atoms with Crippen LogP contribution in [-0.4, -0.2) is 19.4 Å². The van der Waals surface area contributed by atoms with Crippen molar-refractivity contribution in [3.05, 3.63) is 95.1 Å². The van der Waals surface area contributed by atoms with Crippen molar-refractivity contribution in [3.8, 4) is 0 Å². The van der Waals surface area contributed by atoms with E-state index in [0.29, 0.717) is 0 Å². The van der Waals surface area contributed by atoms with Crippen molar-refractivity contribution in [2.24, 2.45) is 0 Å². The molecule has 0 saturated carbocycles. The van der Waals surface area contributed by atoms with Crippen LogP contribution in [-0.2, 0) is 0 Å². The zero-order chi connectivity index (χ0) is 19.4. The largest absolute Gasteiger partial charge is 0.427 e. The van der Waals surface area contributed by atoms with Crippen LogP contribution in [0.4, 0.5) is 5.69 Å². The summed E-state index contributed by atoms with van der Waals surface area (Å²) in [7, 11) is -1.13. The topological polar surface area (TPSA) is 3.24 Å². The Labute approximate surface area is 168 Å². The Morgan fingerprint density at radius 3 is 1.63 bits per heavy atom. The minimum atomic E-state index is -0.567. The highest BCUT2D eigenvalue weighted by atomic mass is 28.3. The van der Waals surface area contributed by atoms with Crippen molar-refractivity contribution in [1.29, 1.82) is 0 Å². The predicted molar refractivity (Wildman–Crippen MR) is 127 cm³/mol. The average molecular weight is 388 g/mol. The molecule has 0 aliphatic rings. The summed E-state index contributed by atoms with van der Waals surface area (Å²) in [6, 6.07) is 22.4. The first-order valence-electron chi connectivity index (χ1n) is 9.57. The first-order chi connectivity index (χ1) is 13.0. The van der Waals surface area contributed by atoms with E-state index >= 15 is 0 Å². The SMILES string of the molecule is C=Cc1ccc(N([SiH2]c2cccc(C)c2C)[SiH2]c2cccc(C)c2C)cc1. The maximum atomic E-state index is 3.89. The maximum Gasteiger partial charge on any atom is 0.146 e. The van der Waals surface area contributed by atoms with Gasteiger partial charge in [-0.05, 0) is 78.0 Å². The molecular weight excluding hydrogens is 358 g/mol. The molecule has 3 rings (SSSR count). The Morgan fingerprint density at radius 1 is 0.704 bits per heavy atom. The lowest BCUT2D eigenvalue weighted by molar-refractivity contribution is 1.36. The van der Waals surface area contributed by atoms with E-state index in [2.05, 4.69) is 99.2 Å². The minimum absolute atomic E-state index is 0.567. The highest BCUT2D eigenvalue weighted by Gasteiger charge is 2.13. The molecule has 3 aromatic rings. The molecule has 3 heteroatoms. The molecule has 0 atom stereocenters. The predicted octanol–water partition coefficient (Wildman–Crippen LogP) is 3.19. The van der Waals surface area contributed by atoms with Crippen molar-refractivity contribution < 1.29 is 0 Å². The fraction of sp³-hybridized carbons (Fsp3) is 0.167. The van der Waals surface area contributed by atoms with Gasteiger partial charge < -0.3 is 4.23 Å². The number of benzene rings is 3. The van der Waals surface area contributed by atoms with Crippen molar-refractivity contribution >= 4 is 41.5 Å². The molecule has 1 nitrogen and oxygen atoms in total. The van der Waals surface area contributed by atoms with E-state index < -0.39 is 19.4 Å². The van der Waals surface area contributed by atoms with Gasteiger partial charge in [-0.15, -0.1) is 0 Å². The number of hydrogen-bond donors (Lipinski definition) is 0. The standard InChI is InChI=1S/C24H29NSi2/c1-6-21-13-15-22(16-14-21)25(26-23-11-7-9-17(2)19(23)4)27-24-12-8-10-18(3)20(24)5/h6-16H,1,26-27H2,2-5H3. The van der Waals surface area contributed by atoms with Gasteiger partial charge in [-0.25, -0.2) is 0 Å². The van der Waals surface area contributed by atoms with E-state index in [9.17, 15) is 0 Å². The smallest absolute Gasteiger partial charge is 0.146 e. The fourth-order valence-corrected chi connectivity index (χ4v) is 8.45. The van der Waals surface area contributed by atoms with Gasteiger partial charge in [-0.2, -0.15) is 0 Å². The van der Waals surface area contributed by atoms with Gasteiger partial charge in [0.1, 0.15) is 19.4 Å². The van der Waals surface area contributed by atoms with Gasteiger partial charge in [0.25, 0.3) is 0 Å². The van der Waals surface area contributed by atoms with Gasteiger partial charge in [0.15, 0.2) is 0 Å². The Hall–Kier alpha value is -2.37. The Balaban J connectivity index is 1.98. The number of nitrogens with zero attached hydrogens (tertiary/aromatic N) is 1. The third-order valence-electron chi connectivity index (χ3n) is 5.65. The lowest BCUT2D eigenvalue weighted by atomic mass is 10.1. The van der Waals surface area contributed by atoms with Crippen LogP contribution in [0.25, 0.3) is 6.08 Å². The van der Waals surface area contributed by atoms with Gasteiger partial charge in [0, 0.05) is 5.69 Å². The minimum Gasteiger partial charge on any atom is -0.427 e. The lowest BCUT2D eigenvalue weighted by Gasteiger charge is -2.27. The molecule has 138 valence electrons. The van der Waals surface area contributed by atoms with Crippen LogP contribution in [0.15, 0.2) is 67.2 Å². The third-order valence-corrected chi connectivity index (χ3v) is 10.7. The molecule has 0 aliphatic carbocycles. The highest BCUT2D eigenvalue weighted by Crippen LogP contribution is 2.16. The second kappa shape index (κ2) is 8.55. The summed E-state index contributed by atoms with van der Waals surface area (Å²) in [6.07, 6.45) is 1.92. The van der Waals surface area contributed by atoms with Crippen molar-refractivity contribution in [1.82, 2.24) is 0 Å². The van der Waals surface area contributed by atoms with Gasteiger partial charge in [0.2, 0.25) is 0 Å². The molecule has 0 saturated heterocycles. The molecule has 0 aromatic heterocycles. The van der Waals surface area contributed by atoms with Gasteiger partial charge in [-0.1, -0.05) is 61.2 Å². The summed E-state index contributed by atoms with van der Waals surface area (Å²) in [6.45, 7) is 12.9. The van der Waals surface area contributed by atoms with E-state index in [0.717, 1.165) is 0 Å². The summed E-state index contributed by atoms with van der Waals surface area (Å²) in [5.41, 5.74) is 8.27. The number of anilines is 1. The molecule has 3 aromatic carbocycles. The van der Waals surface area contributed by atoms with Crippen molar-refractivity contribution in [2.75, 3.05) is 4.23 Å². The first kappa shape index (κ1) is 19.4. The molecule has 0 aliphatic heterocycles. The normalized spacial score (nSPS) is 11.6. The van der Waals surface area contributed by atoms with Crippen LogP contribution in [0.2, 0.25) is 0 Å². The van der Waals surface area contributed by atoms with Crippen LogP contribution in [0.5, 0.6) is 0 Å². The summed E-state index contributed by atoms with van der Waals surface area (Å²) in [4.78, 5) is 0. The molecular formula is C24H29NSi2. The molecule has 0 unspecified atom stereocenters. The van der Waals surface area contributed by atoms with E-state index in [-0.39, 0.29) is 0 Å². The Kier molecular flexibility index (Phi) is 6.14. The van der Waals surface area contributed by atoms with Gasteiger partial charge in [0.05, 0.1) is 0 Å². The van der Waals surface area contributed by atoms with E-state index in [1.165, 1.54) is 33.5 Å². The van der Waals surface area contributed by atoms with Gasteiger partial charge in [-0.3, -0.25) is 0 Å². The molecule has 27 heavy (non-hydrogen) atoms. The van der Waals surface area contributed by atoms with E-state index in [1.54, 1.807) is 10.4 Å². The molecule has 0 radical (unpaired) electrons. The maximum absolute atomic E-state index is 3.89. The fourth-order valence-electron chi connectivity index (χ4n) is 3.44. The lowest BCUT2D eigenvalue weighted by Crippen LogP contribution is -2.45.